The summed E-state index contributed by atoms with van der Waals surface area (Å²) >= 11 is 0. The third-order valence-corrected chi connectivity index (χ3v) is 7.27. The molecule has 0 saturated carbocycles. The van der Waals surface area contributed by atoms with Crippen LogP contribution < -0.4 is 9.80 Å². The summed E-state index contributed by atoms with van der Waals surface area (Å²) in [7, 11) is 0. The number of rotatable bonds is 5. The van der Waals surface area contributed by atoms with Gasteiger partial charge in [-0.15, -0.1) is 0 Å². The van der Waals surface area contributed by atoms with Crippen LogP contribution in [0.3, 0.4) is 0 Å². The fraction of sp³-hybridized carbons (Fsp3) is 0.300. The molecule has 5 rings (SSSR count). The summed E-state index contributed by atoms with van der Waals surface area (Å²) in [6.45, 7) is 5.20. The number of nitrogens with zero attached hydrogens (tertiary/aromatic N) is 3. The van der Waals surface area contributed by atoms with E-state index in [0.717, 1.165) is 29.7 Å². The molecule has 2 aliphatic rings. The van der Waals surface area contributed by atoms with Crippen molar-refractivity contribution in [2.24, 2.45) is 5.92 Å². The Morgan fingerprint density at radius 2 is 1.81 bits per heavy atom. The molecule has 0 aliphatic carbocycles. The number of hydrogen-bond acceptors (Lipinski definition) is 4. The number of phenols is 1. The van der Waals surface area contributed by atoms with Crippen molar-refractivity contribution in [2.75, 3.05) is 22.9 Å². The molecule has 0 bridgehead atoms. The Kier molecular flexibility index (Phi) is 6.01. The molecule has 2 heterocycles. The Morgan fingerprint density at radius 3 is 2.56 bits per heavy atom. The molecule has 3 aromatic carbocycles. The van der Waals surface area contributed by atoms with Crippen LogP contribution in [0.15, 0.2) is 66.7 Å². The molecule has 36 heavy (non-hydrogen) atoms. The third-order valence-electron chi connectivity index (χ3n) is 7.27. The lowest BCUT2D eigenvalue weighted by atomic mass is 9.85. The highest BCUT2D eigenvalue weighted by molar-refractivity contribution is 6.05. The molecule has 1 atom stereocenters. The molecular formula is C30H29N3O3. The number of fused-ring (bicyclic) bond motifs is 1. The number of carbonyl (C=O) groups excluding carboxylic acids is 2. The molecule has 0 aromatic heterocycles. The predicted molar refractivity (Wildman–Crippen MR) is 139 cm³/mol. The molecule has 2 aliphatic heterocycles. The summed E-state index contributed by atoms with van der Waals surface area (Å²) in [6.07, 6.45) is 1.84. The minimum Gasteiger partial charge on any atom is -0.508 e. The van der Waals surface area contributed by atoms with E-state index >= 15 is 0 Å². The number of nitriles is 1. The van der Waals surface area contributed by atoms with E-state index in [4.69, 9.17) is 0 Å². The predicted octanol–water partition coefficient (Wildman–Crippen LogP) is 4.73. The quantitative estimate of drug-likeness (QED) is 0.574. The summed E-state index contributed by atoms with van der Waals surface area (Å²) < 4.78 is 0. The zero-order chi connectivity index (χ0) is 25.4. The number of benzene rings is 3. The van der Waals surface area contributed by atoms with E-state index in [1.54, 1.807) is 41.3 Å². The van der Waals surface area contributed by atoms with E-state index < -0.39 is 5.92 Å². The van der Waals surface area contributed by atoms with E-state index in [1.807, 2.05) is 23.1 Å². The second kappa shape index (κ2) is 9.16. The van der Waals surface area contributed by atoms with Gasteiger partial charge in [-0.2, -0.15) is 5.26 Å². The van der Waals surface area contributed by atoms with Gasteiger partial charge < -0.3 is 14.9 Å². The van der Waals surface area contributed by atoms with Gasteiger partial charge in [-0.3, -0.25) is 9.59 Å². The number of amides is 2. The Morgan fingerprint density at radius 1 is 1.06 bits per heavy atom. The Labute approximate surface area is 211 Å². The first kappa shape index (κ1) is 23.6. The molecule has 182 valence electrons. The third kappa shape index (κ3) is 4.45. The normalized spacial score (nSPS) is 18.2. The largest absolute Gasteiger partial charge is 0.508 e. The van der Waals surface area contributed by atoms with Crippen LogP contribution in [0, 0.1) is 17.2 Å². The molecule has 1 saturated heterocycles. The second-order valence-electron chi connectivity index (χ2n) is 10.4. The summed E-state index contributed by atoms with van der Waals surface area (Å²) in [5.74, 6) is -0.264. The van der Waals surface area contributed by atoms with Gasteiger partial charge in [-0.1, -0.05) is 44.2 Å². The molecule has 0 radical (unpaired) electrons. The number of anilines is 2. The van der Waals surface area contributed by atoms with Crippen molar-refractivity contribution in [2.45, 2.75) is 38.5 Å². The van der Waals surface area contributed by atoms with Gasteiger partial charge in [-0.05, 0) is 65.9 Å². The van der Waals surface area contributed by atoms with Crippen molar-refractivity contribution in [3.05, 3.63) is 89.0 Å². The summed E-state index contributed by atoms with van der Waals surface area (Å²) in [6, 6.07) is 22.7. The zero-order valence-corrected chi connectivity index (χ0v) is 20.6. The van der Waals surface area contributed by atoms with Crippen molar-refractivity contribution in [1.29, 1.82) is 5.26 Å². The van der Waals surface area contributed by atoms with E-state index in [1.165, 1.54) is 5.56 Å². The van der Waals surface area contributed by atoms with E-state index in [9.17, 15) is 20.0 Å². The second-order valence-corrected chi connectivity index (χ2v) is 10.4. The van der Waals surface area contributed by atoms with Crippen molar-refractivity contribution in [3.8, 4) is 11.8 Å². The van der Waals surface area contributed by atoms with Crippen LogP contribution in [-0.2, 0) is 27.8 Å². The average molecular weight is 480 g/mol. The number of aromatic hydroxyl groups is 1. The van der Waals surface area contributed by atoms with Gasteiger partial charge in [0.05, 0.1) is 17.6 Å². The first-order valence-electron chi connectivity index (χ1n) is 12.3. The van der Waals surface area contributed by atoms with Gasteiger partial charge in [0.25, 0.3) is 0 Å². The molecule has 3 aromatic rings. The highest BCUT2D eigenvalue weighted by atomic mass is 16.3. The molecule has 0 spiro atoms. The average Bonchev–Trinajstić information content (AvgIpc) is 3.39. The Bertz CT molecular complexity index is 1390. The molecule has 6 heteroatoms. The molecule has 1 N–H and O–H groups in total. The smallest absolute Gasteiger partial charge is 0.232 e. The standard InChI is InChI=1S/C30H29N3O3/c1-30(2)19-33(27-12-11-21(15-26(27)30)10-9-20-5-4-8-25(34)14-20)29(36)23-16-28(35)32(18-23)24-7-3-6-22(13-24)17-31/h3-8,11-15,23,34H,9-10,16,18-19H2,1-2H3/t23-/m0/s1. The Balaban J connectivity index is 1.33. The molecule has 2 amide bonds. The number of hydrogen-bond donors (Lipinski definition) is 1. The number of carbonyl (C=O) groups is 2. The minimum absolute atomic E-state index is 0.0263. The topological polar surface area (TPSA) is 84.6 Å². The molecule has 6 nitrogen and oxygen atoms in total. The zero-order valence-electron chi connectivity index (χ0n) is 20.6. The summed E-state index contributed by atoms with van der Waals surface area (Å²) in [4.78, 5) is 29.9. The maximum absolute atomic E-state index is 13.6. The summed E-state index contributed by atoms with van der Waals surface area (Å²) in [5, 5.41) is 18.9. The lowest BCUT2D eigenvalue weighted by molar-refractivity contribution is -0.124. The van der Waals surface area contributed by atoms with Crippen molar-refractivity contribution >= 4 is 23.2 Å². The van der Waals surface area contributed by atoms with E-state index in [0.29, 0.717) is 24.3 Å². The fourth-order valence-corrected chi connectivity index (χ4v) is 5.37. The van der Waals surface area contributed by atoms with E-state index in [2.05, 4.69) is 32.0 Å². The number of aryl methyl sites for hydroxylation is 2. The van der Waals surface area contributed by atoms with Crippen molar-refractivity contribution in [1.82, 2.24) is 0 Å². The van der Waals surface area contributed by atoms with Gasteiger partial charge in [0.15, 0.2) is 0 Å². The fourth-order valence-electron chi connectivity index (χ4n) is 5.37. The molecular weight excluding hydrogens is 450 g/mol. The van der Waals surface area contributed by atoms with Crippen LogP contribution in [0.4, 0.5) is 11.4 Å². The van der Waals surface area contributed by atoms with Crippen LogP contribution in [0.5, 0.6) is 5.75 Å². The van der Waals surface area contributed by atoms with Crippen LogP contribution in [0.1, 0.15) is 42.5 Å². The van der Waals surface area contributed by atoms with Gasteiger partial charge >= 0.3 is 0 Å². The lowest BCUT2D eigenvalue weighted by Gasteiger charge is -2.23. The maximum Gasteiger partial charge on any atom is 0.232 e. The van der Waals surface area contributed by atoms with Gasteiger partial charge in [0.1, 0.15) is 5.75 Å². The van der Waals surface area contributed by atoms with Gasteiger partial charge in [0, 0.05) is 36.3 Å². The Hall–Kier alpha value is -4.11. The SMILES string of the molecule is CC1(C)CN(C(=O)[C@H]2CC(=O)N(c3cccc(C#N)c3)C2)c2ccc(CCc3cccc(O)c3)cc21. The van der Waals surface area contributed by atoms with Crippen LogP contribution >= 0.6 is 0 Å². The maximum atomic E-state index is 13.6. The monoisotopic (exact) mass is 479 g/mol. The van der Waals surface area contributed by atoms with E-state index in [-0.39, 0.29) is 29.4 Å². The molecule has 0 unspecified atom stereocenters. The highest BCUT2D eigenvalue weighted by Crippen LogP contribution is 2.42. The molecule has 1 fully saturated rings. The minimum atomic E-state index is -0.421. The van der Waals surface area contributed by atoms with Crippen molar-refractivity contribution < 1.29 is 14.7 Å². The van der Waals surface area contributed by atoms with Crippen LogP contribution in [-0.4, -0.2) is 30.0 Å². The van der Waals surface area contributed by atoms with Crippen LogP contribution in [0.2, 0.25) is 0 Å². The van der Waals surface area contributed by atoms with Gasteiger partial charge in [0.2, 0.25) is 11.8 Å². The lowest BCUT2D eigenvalue weighted by Crippen LogP contribution is -2.39. The van der Waals surface area contributed by atoms with Crippen molar-refractivity contribution in [3.63, 3.8) is 0 Å². The first-order valence-corrected chi connectivity index (χ1v) is 12.3. The summed E-state index contributed by atoms with van der Waals surface area (Å²) in [5.41, 5.74) is 5.30. The number of phenolic OH excluding ortho intramolecular Hbond substituents is 1. The van der Waals surface area contributed by atoms with Crippen LogP contribution in [0.25, 0.3) is 0 Å². The highest BCUT2D eigenvalue weighted by Gasteiger charge is 2.43. The van der Waals surface area contributed by atoms with Gasteiger partial charge in [-0.25, -0.2) is 0 Å². The first-order chi connectivity index (χ1) is 17.2.